The zero-order valence-corrected chi connectivity index (χ0v) is 19.7. The van der Waals surface area contributed by atoms with E-state index in [1.165, 1.54) is 9.21 Å². The molecule has 9 nitrogen and oxygen atoms in total. The summed E-state index contributed by atoms with van der Waals surface area (Å²) in [7, 11) is 0.231. The van der Waals surface area contributed by atoms with Crippen LogP contribution in [0.5, 0.6) is 0 Å². The first-order chi connectivity index (χ1) is 15.3. The Morgan fingerprint density at radius 1 is 1.09 bits per heavy atom. The van der Waals surface area contributed by atoms with Gasteiger partial charge in [-0.05, 0) is 64.4 Å². The average Bonchev–Trinajstić information content (AvgIpc) is 3.32. The van der Waals surface area contributed by atoms with Crippen LogP contribution >= 0.6 is 0 Å². The van der Waals surface area contributed by atoms with Crippen LogP contribution in [0.15, 0.2) is 23.1 Å². The minimum Gasteiger partial charge on any atom is -0.358 e. The van der Waals surface area contributed by atoms with Crippen LogP contribution in [0, 0.1) is 0 Å². The van der Waals surface area contributed by atoms with Crippen molar-refractivity contribution >= 4 is 33.2 Å². The van der Waals surface area contributed by atoms with E-state index in [0.29, 0.717) is 31.9 Å². The van der Waals surface area contributed by atoms with Crippen molar-refractivity contribution in [2.24, 2.45) is 0 Å². The smallest absolute Gasteiger partial charge is 0.250 e. The van der Waals surface area contributed by atoms with Gasteiger partial charge in [0.05, 0.1) is 16.3 Å². The topological polar surface area (TPSA) is 93.3 Å². The van der Waals surface area contributed by atoms with E-state index in [9.17, 15) is 18.0 Å². The molecule has 3 aliphatic heterocycles. The summed E-state index contributed by atoms with van der Waals surface area (Å²) in [6, 6.07) is 4.73. The van der Waals surface area contributed by atoms with Gasteiger partial charge in [0.25, 0.3) is 0 Å². The number of carbonyl (C=O) groups excluding carboxylic acids is 2. The molecule has 2 amide bonds. The number of hydrogen-bond donors (Lipinski definition) is 1. The van der Waals surface area contributed by atoms with E-state index in [4.69, 9.17) is 0 Å². The number of piperidine rings is 1. The minimum absolute atomic E-state index is 0.114. The molecule has 32 heavy (non-hydrogen) atoms. The molecule has 1 aromatic carbocycles. The molecule has 2 saturated heterocycles. The maximum Gasteiger partial charge on any atom is 0.250 e. The van der Waals surface area contributed by atoms with Crippen LogP contribution in [-0.2, 0) is 19.6 Å². The Bertz CT molecular complexity index is 975. The number of carbonyl (C=O) groups is 2. The number of benzene rings is 1. The van der Waals surface area contributed by atoms with Crippen molar-refractivity contribution in [1.82, 2.24) is 14.5 Å². The molecule has 0 saturated carbocycles. The fourth-order valence-electron chi connectivity index (χ4n) is 4.76. The van der Waals surface area contributed by atoms with E-state index in [2.05, 4.69) is 10.2 Å². The lowest BCUT2D eigenvalue weighted by atomic mass is 9.96. The quantitative estimate of drug-likeness (QED) is 0.645. The highest BCUT2D eigenvalue weighted by Gasteiger charge is 2.41. The normalized spacial score (nSPS) is 21.6. The second-order valence-corrected chi connectivity index (χ2v) is 11.0. The van der Waals surface area contributed by atoms with Crippen LogP contribution in [0.25, 0.3) is 0 Å². The summed E-state index contributed by atoms with van der Waals surface area (Å²) < 4.78 is 27.8. The van der Waals surface area contributed by atoms with Gasteiger partial charge < -0.3 is 15.1 Å². The van der Waals surface area contributed by atoms with Gasteiger partial charge in [0.1, 0.15) is 12.6 Å². The molecule has 2 fully saturated rings. The molecule has 3 aliphatic rings. The summed E-state index contributed by atoms with van der Waals surface area (Å²) >= 11 is 0. The SMILES string of the molecule is CN(C)CCNC(=O)CN1C(=O)C2CCCCN2c2ccc(S(=O)(=O)N3CCCC3)cc21. The van der Waals surface area contributed by atoms with Crippen LogP contribution in [0.1, 0.15) is 32.1 Å². The molecule has 1 atom stereocenters. The van der Waals surface area contributed by atoms with Crippen molar-refractivity contribution in [2.45, 2.75) is 43.0 Å². The van der Waals surface area contributed by atoms with E-state index in [1.807, 2.05) is 19.0 Å². The molecule has 0 aliphatic carbocycles. The Kier molecular flexibility index (Phi) is 6.73. The predicted octanol–water partition coefficient (Wildman–Crippen LogP) is 0.854. The van der Waals surface area contributed by atoms with Gasteiger partial charge in [0, 0.05) is 32.7 Å². The fourth-order valence-corrected chi connectivity index (χ4v) is 6.29. The summed E-state index contributed by atoms with van der Waals surface area (Å²) in [5.41, 5.74) is 1.34. The number of nitrogens with one attached hydrogen (secondary N) is 1. The summed E-state index contributed by atoms with van der Waals surface area (Å²) in [6.45, 7) is 2.86. The first kappa shape index (κ1) is 23.0. The lowest BCUT2D eigenvalue weighted by Gasteiger charge is -2.45. The number of amides is 2. The Morgan fingerprint density at radius 2 is 1.81 bits per heavy atom. The van der Waals surface area contributed by atoms with E-state index >= 15 is 0 Å². The third kappa shape index (κ3) is 4.49. The minimum atomic E-state index is -3.62. The Morgan fingerprint density at radius 3 is 2.53 bits per heavy atom. The summed E-state index contributed by atoms with van der Waals surface area (Å²) in [4.78, 5) is 31.7. The number of likely N-dealkylation sites (N-methyl/N-ethyl adjacent to an activating group) is 1. The van der Waals surface area contributed by atoms with Gasteiger partial charge in [-0.3, -0.25) is 14.5 Å². The summed E-state index contributed by atoms with van der Waals surface area (Å²) in [5, 5.41) is 2.86. The molecule has 1 aromatic rings. The fraction of sp³-hybridized carbons (Fsp3) is 0.636. The molecule has 176 valence electrons. The number of fused-ring (bicyclic) bond motifs is 3. The van der Waals surface area contributed by atoms with Crippen molar-refractivity contribution in [3.05, 3.63) is 18.2 Å². The van der Waals surface area contributed by atoms with Crippen LogP contribution < -0.4 is 15.1 Å². The van der Waals surface area contributed by atoms with E-state index in [1.54, 1.807) is 18.2 Å². The Labute approximate surface area is 190 Å². The highest BCUT2D eigenvalue weighted by molar-refractivity contribution is 7.89. The van der Waals surface area contributed by atoms with Crippen molar-refractivity contribution in [1.29, 1.82) is 0 Å². The van der Waals surface area contributed by atoms with Crippen molar-refractivity contribution < 1.29 is 18.0 Å². The first-order valence-corrected chi connectivity index (χ1v) is 12.9. The molecule has 3 heterocycles. The number of hydrogen-bond acceptors (Lipinski definition) is 6. The molecule has 1 unspecified atom stereocenters. The van der Waals surface area contributed by atoms with Gasteiger partial charge in [-0.2, -0.15) is 4.31 Å². The molecular weight excluding hydrogens is 430 g/mol. The van der Waals surface area contributed by atoms with Gasteiger partial charge in [-0.25, -0.2) is 8.42 Å². The average molecular weight is 464 g/mol. The highest BCUT2D eigenvalue weighted by atomic mass is 32.2. The Hall–Kier alpha value is -2.17. The monoisotopic (exact) mass is 463 g/mol. The summed E-state index contributed by atoms with van der Waals surface area (Å²) in [5.74, 6) is -0.376. The van der Waals surface area contributed by atoms with Crippen LogP contribution in [-0.4, -0.2) is 88.8 Å². The lowest BCUT2D eigenvalue weighted by Crippen LogP contribution is -2.57. The zero-order chi connectivity index (χ0) is 22.9. The molecule has 4 rings (SSSR count). The van der Waals surface area contributed by atoms with Gasteiger partial charge in [0.2, 0.25) is 21.8 Å². The number of nitrogens with zero attached hydrogens (tertiary/aromatic N) is 4. The molecule has 0 aromatic heterocycles. The Balaban J connectivity index is 1.66. The van der Waals surface area contributed by atoms with E-state index < -0.39 is 10.0 Å². The highest BCUT2D eigenvalue weighted by Crippen LogP contribution is 2.41. The van der Waals surface area contributed by atoms with Crippen LogP contribution in [0.3, 0.4) is 0 Å². The standard InChI is InChI=1S/C22H33N5O4S/c1-24(2)14-10-23-21(28)16-27-20-15-17(32(30,31)25-11-5-6-12-25)8-9-18(20)26-13-4-3-7-19(26)22(27)29/h8-9,15,19H,3-7,10-14,16H2,1-2H3,(H,23,28). The maximum atomic E-state index is 13.4. The maximum absolute atomic E-state index is 13.4. The van der Waals surface area contributed by atoms with Crippen LogP contribution in [0.2, 0.25) is 0 Å². The van der Waals surface area contributed by atoms with E-state index in [0.717, 1.165) is 44.3 Å². The molecule has 10 heteroatoms. The molecule has 0 bridgehead atoms. The van der Waals surface area contributed by atoms with Crippen molar-refractivity contribution in [3.63, 3.8) is 0 Å². The van der Waals surface area contributed by atoms with Gasteiger partial charge in [-0.15, -0.1) is 0 Å². The predicted molar refractivity (Wildman–Crippen MR) is 123 cm³/mol. The van der Waals surface area contributed by atoms with Gasteiger partial charge in [-0.1, -0.05) is 0 Å². The second kappa shape index (κ2) is 9.36. The summed E-state index contributed by atoms with van der Waals surface area (Å²) in [6.07, 6.45) is 4.41. The van der Waals surface area contributed by atoms with Crippen molar-refractivity contribution in [3.8, 4) is 0 Å². The van der Waals surface area contributed by atoms with Crippen LogP contribution in [0.4, 0.5) is 11.4 Å². The third-order valence-electron chi connectivity index (χ3n) is 6.49. The lowest BCUT2D eigenvalue weighted by molar-refractivity contribution is -0.125. The number of rotatable bonds is 7. The third-order valence-corrected chi connectivity index (χ3v) is 8.38. The molecule has 0 spiro atoms. The molecular formula is C22H33N5O4S. The van der Waals surface area contributed by atoms with Crippen molar-refractivity contribution in [2.75, 3.05) is 63.2 Å². The second-order valence-electron chi connectivity index (χ2n) is 9.04. The molecule has 0 radical (unpaired) electrons. The number of sulfonamides is 1. The largest absolute Gasteiger partial charge is 0.358 e. The zero-order valence-electron chi connectivity index (χ0n) is 18.9. The molecule has 1 N–H and O–H groups in total. The first-order valence-electron chi connectivity index (χ1n) is 11.4. The van der Waals surface area contributed by atoms with Gasteiger partial charge in [0.15, 0.2) is 0 Å². The van der Waals surface area contributed by atoms with Gasteiger partial charge >= 0.3 is 0 Å². The number of anilines is 2. The van der Waals surface area contributed by atoms with E-state index in [-0.39, 0.29) is 29.3 Å².